The molecular formula is C10H15N. The van der Waals surface area contributed by atoms with Crippen molar-refractivity contribution in [3.8, 4) is 0 Å². The van der Waals surface area contributed by atoms with Gasteiger partial charge in [-0.25, -0.2) is 0 Å². The number of aliphatic imine (C=N–C) groups is 1. The maximum atomic E-state index is 4.06. The second-order valence-electron chi connectivity index (χ2n) is 2.21. The average molecular weight is 149 g/mol. The van der Waals surface area contributed by atoms with Gasteiger partial charge in [0.25, 0.3) is 0 Å². The number of rotatable bonds is 3. The highest BCUT2D eigenvalue weighted by Gasteiger charge is 1.88. The van der Waals surface area contributed by atoms with Crippen LogP contribution in [0.25, 0.3) is 0 Å². The molecule has 0 aliphatic carbocycles. The van der Waals surface area contributed by atoms with E-state index >= 15 is 0 Å². The third-order valence-electron chi connectivity index (χ3n) is 1.28. The lowest BCUT2D eigenvalue weighted by Gasteiger charge is -1.95. The number of allylic oxidation sites excluding steroid dienone is 4. The summed E-state index contributed by atoms with van der Waals surface area (Å²) < 4.78 is 0. The second-order valence-corrected chi connectivity index (χ2v) is 2.21. The van der Waals surface area contributed by atoms with Gasteiger partial charge < -0.3 is 0 Å². The van der Waals surface area contributed by atoms with Crippen LogP contribution in [0.1, 0.15) is 20.8 Å². The zero-order chi connectivity index (χ0) is 8.69. The van der Waals surface area contributed by atoms with Crippen LogP contribution in [0.5, 0.6) is 0 Å². The molecule has 0 aromatic heterocycles. The molecule has 0 spiro atoms. The minimum atomic E-state index is 0.825. The van der Waals surface area contributed by atoms with E-state index in [0.29, 0.717) is 0 Å². The zero-order valence-electron chi connectivity index (χ0n) is 7.46. The molecule has 0 aromatic carbocycles. The molecule has 0 amide bonds. The number of hydrogen-bond acceptors (Lipinski definition) is 1. The van der Waals surface area contributed by atoms with Crippen LogP contribution in [0, 0.1) is 0 Å². The van der Waals surface area contributed by atoms with Gasteiger partial charge in [-0.1, -0.05) is 24.8 Å². The molecule has 11 heavy (non-hydrogen) atoms. The quantitative estimate of drug-likeness (QED) is 0.432. The fraction of sp³-hybridized carbons (Fsp3) is 0.300. The Kier molecular flexibility index (Phi) is 5.09. The molecule has 1 heteroatoms. The lowest BCUT2D eigenvalue weighted by Crippen LogP contribution is -1.77. The maximum absolute atomic E-state index is 4.06. The second kappa shape index (κ2) is 5.66. The third-order valence-corrected chi connectivity index (χ3v) is 1.28. The predicted molar refractivity (Wildman–Crippen MR) is 51.9 cm³/mol. The molecule has 0 aliphatic heterocycles. The smallest absolute Gasteiger partial charge is 0.0582 e. The SMILES string of the molecule is C=C(/N=C\C)/C(C)=C\C=C\C. The van der Waals surface area contributed by atoms with Crippen LogP contribution in [0.2, 0.25) is 0 Å². The summed E-state index contributed by atoms with van der Waals surface area (Å²) in [6.45, 7) is 9.66. The lowest BCUT2D eigenvalue weighted by atomic mass is 10.2. The molecule has 0 rings (SSSR count). The topological polar surface area (TPSA) is 12.4 Å². The van der Waals surface area contributed by atoms with Crippen molar-refractivity contribution in [3.05, 3.63) is 36.1 Å². The van der Waals surface area contributed by atoms with Gasteiger partial charge in [0, 0.05) is 6.21 Å². The van der Waals surface area contributed by atoms with Gasteiger partial charge in [-0.15, -0.1) is 0 Å². The fourth-order valence-electron chi connectivity index (χ4n) is 0.594. The Balaban J connectivity index is 4.23. The van der Waals surface area contributed by atoms with Gasteiger partial charge in [0.15, 0.2) is 0 Å². The molecule has 0 N–H and O–H groups in total. The largest absolute Gasteiger partial charge is 0.262 e. The van der Waals surface area contributed by atoms with Crippen molar-refractivity contribution in [3.63, 3.8) is 0 Å². The van der Waals surface area contributed by atoms with Crippen LogP contribution >= 0.6 is 0 Å². The van der Waals surface area contributed by atoms with Gasteiger partial charge in [-0.3, -0.25) is 4.99 Å². The van der Waals surface area contributed by atoms with Crippen molar-refractivity contribution in [2.45, 2.75) is 20.8 Å². The van der Waals surface area contributed by atoms with E-state index in [-0.39, 0.29) is 0 Å². The summed E-state index contributed by atoms with van der Waals surface area (Å²) in [5, 5.41) is 0. The van der Waals surface area contributed by atoms with Gasteiger partial charge in [0.2, 0.25) is 0 Å². The van der Waals surface area contributed by atoms with E-state index in [4.69, 9.17) is 0 Å². The monoisotopic (exact) mass is 149 g/mol. The molecular weight excluding hydrogens is 134 g/mol. The van der Waals surface area contributed by atoms with Gasteiger partial charge in [-0.05, 0) is 26.3 Å². The van der Waals surface area contributed by atoms with Crippen LogP contribution in [-0.2, 0) is 0 Å². The molecule has 0 atom stereocenters. The van der Waals surface area contributed by atoms with Gasteiger partial charge in [-0.2, -0.15) is 0 Å². The molecule has 0 saturated carbocycles. The summed E-state index contributed by atoms with van der Waals surface area (Å²) in [4.78, 5) is 4.06. The van der Waals surface area contributed by atoms with E-state index in [1.807, 2.05) is 39.0 Å². The average Bonchev–Trinajstić information content (AvgIpc) is 2.00. The molecule has 0 saturated heterocycles. The minimum absolute atomic E-state index is 0.825. The summed E-state index contributed by atoms with van der Waals surface area (Å²) in [5.41, 5.74) is 1.92. The number of nitrogens with zero attached hydrogens (tertiary/aromatic N) is 1. The highest BCUT2D eigenvalue weighted by Crippen LogP contribution is 2.06. The third kappa shape index (κ3) is 4.31. The molecule has 0 unspecified atom stereocenters. The van der Waals surface area contributed by atoms with Crippen molar-refractivity contribution in [2.24, 2.45) is 4.99 Å². The first kappa shape index (κ1) is 9.89. The van der Waals surface area contributed by atoms with Gasteiger partial charge in [0.1, 0.15) is 0 Å². The van der Waals surface area contributed by atoms with E-state index in [2.05, 4.69) is 11.6 Å². The van der Waals surface area contributed by atoms with E-state index in [9.17, 15) is 0 Å². The highest BCUT2D eigenvalue weighted by molar-refractivity contribution is 5.56. The predicted octanol–water partition coefficient (Wildman–Crippen LogP) is 3.11. The number of hydrogen-bond donors (Lipinski definition) is 0. The molecule has 0 bridgehead atoms. The van der Waals surface area contributed by atoms with Crippen LogP contribution in [0.15, 0.2) is 41.1 Å². The van der Waals surface area contributed by atoms with Gasteiger partial charge >= 0.3 is 0 Å². The first-order chi connectivity index (χ1) is 5.22. The molecule has 0 aliphatic rings. The Morgan fingerprint density at radius 2 is 2.00 bits per heavy atom. The highest BCUT2D eigenvalue weighted by atomic mass is 14.7. The molecule has 0 radical (unpaired) electrons. The summed E-state index contributed by atoms with van der Waals surface area (Å²) in [5.74, 6) is 0. The molecule has 0 heterocycles. The van der Waals surface area contributed by atoms with Crippen molar-refractivity contribution >= 4 is 6.21 Å². The van der Waals surface area contributed by atoms with E-state index in [1.54, 1.807) is 6.21 Å². The summed E-state index contributed by atoms with van der Waals surface area (Å²) >= 11 is 0. The Hall–Kier alpha value is -1.11. The summed E-state index contributed by atoms with van der Waals surface area (Å²) in [6.07, 6.45) is 7.70. The molecule has 1 nitrogen and oxygen atoms in total. The van der Waals surface area contributed by atoms with E-state index in [0.717, 1.165) is 11.3 Å². The first-order valence-electron chi connectivity index (χ1n) is 3.70. The van der Waals surface area contributed by atoms with Crippen LogP contribution in [0.4, 0.5) is 0 Å². The minimum Gasteiger partial charge on any atom is -0.262 e. The summed E-state index contributed by atoms with van der Waals surface area (Å²) in [7, 11) is 0. The van der Waals surface area contributed by atoms with Crippen molar-refractivity contribution in [1.29, 1.82) is 0 Å². The Morgan fingerprint density at radius 1 is 1.36 bits per heavy atom. The lowest BCUT2D eigenvalue weighted by molar-refractivity contribution is 1.30. The van der Waals surface area contributed by atoms with Crippen molar-refractivity contribution < 1.29 is 0 Å². The van der Waals surface area contributed by atoms with Crippen molar-refractivity contribution in [1.82, 2.24) is 0 Å². The molecule has 60 valence electrons. The van der Waals surface area contributed by atoms with Crippen LogP contribution in [0.3, 0.4) is 0 Å². The first-order valence-corrected chi connectivity index (χ1v) is 3.70. The normalized spacial score (nSPS) is 13.2. The zero-order valence-corrected chi connectivity index (χ0v) is 7.46. The van der Waals surface area contributed by atoms with Crippen LogP contribution < -0.4 is 0 Å². The van der Waals surface area contributed by atoms with Crippen LogP contribution in [-0.4, -0.2) is 6.21 Å². The standard InChI is InChI=1S/C10H15N/c1-5-7-8-9(3)10(4)11-6-2/h5-8H,4H2,1-3H3/b7-5+,9-8-,11-6-. The van der Waals surface area contributed by atoms with Crippen molar-refractivity contribution in [2.75, 3.05) is 0 Å². The van der Waals surface area contributed by atoms with E-state index in [1.165, 1.54) is 0 Å². The van der Waals surface area contributed by atoms with Gasteiger partial charge in [0.05, 0.1) is 5.70 Å². The Bertz CT molecular complexity index is 207. The fourth-order valence-corrected chi connectivity index (χ4v) is 0.594. The maximum Gasteiger partial charge on any atom is 0.0582 e. The summed E-state index contributed by atoms with van der Waals surface area (Å²) in [6, 6.07) is 0. The Labute approximate surface area is 68.9 Å². The molecule has 0 aromatic rings. The van der Waals surface area contributed by atoms with E-state index < -0.39 is 0 Å². The molecule has 0 fully saturated rings. The Morgan fingerprint density at radius 3 is 2.45 bits per heavy atom.